The molecule has 6 heteroatoms. The predicted molar refractivity (Wildman–Crippen MR) is 75.4 cm³/mol. The summed E-state index contributed by atoms with van der Waals surface area (Å²) in [5.41, 5.74) is 0.812. The lowest BCUT2D eigenvalue weighted by Crippen LogP contribution is -2.28. The molecular weight excluding hydrogens is 289 g/mol. The zero-order valence-electron chi connectivity index (χ0n) is 10.9. The maximum absolute atomic E-state index is 10.2. The summed E-state index contributed by atoms with van der Waals surface area (Å²) in [6.07, 6.45) is 0.779. The first-order chi connectivity index (χ1) is 9.13. The van der Waals surface area contributed by atoms with Crippen molar-refractivity contribution in [2.45, 2.75) is 25.6 Å². The Labute approximate surface area is 123 Å². The van der Waals surface area contributed by atoms with Crippen molar-refractivity contribution in [1.29, 1.82) is 0 Å². The van der Waals surface area contributed by atoms with E-state index in [1.807, 2.05) is 13.0 Å². The monoisotopic (exact) mass is 305 g/mol. The highest BCUT2D eigenvalue weighted by atomic mass is 35.5. The molecule has 1 aromatic carbocycles. The molecular formula is C13H17Cl2NO3. The Balaban J connectivity index is 2.86. The molecule has 19 heavy (non-hydrogen) atoms. The number of carbonyl (C=O) groups is 1. The average Bonchev–Trinajstić information content (AvgIpc) is 2.39. The fourth-order valence-electron chi connectivity index (χ4n) is 1.82. The zero-order chi connectivity index (χ0) is 14.3. The molecule has 0 aliphatic rings. The fraction of sp³-hybridized carbons (Fsp3) is 0.462. The molecule has 106 valence electrons. The van der Waals surface area contributed by atoms with Gasteiger partial charge in [0.2, 0.25) is 6.41 Å². The maximum Gasteiger partial charge on any atom is 0.208 e. The molecule has 0 heterocycles. The highest BCUT2D eigenvalue weighted by molar-refractivity contribution is 6.35. The van der Waals surface area contributed by atoms with Gasteiger partial charge in [-0.1, -0.05) is 36.2 Å². The van der Waals surface area contributed by atoms with Gasteiger partial charge < -0.3 is 14.8 Å². The van der Waals surface area contributed by atoms with Crippen LogP contribution >= 0.6 is 23.2 Å². The SMILES string of the molecule is CCC(OCNC=O)C(OC)c1ccc(Cl)cc1Cl. The van der Waals surface area contributed by atoms with E-state index < -0.39 is 0 Å². The fourth-order valence-corrected chi connectivity index (χ4v) is 2.34. The van der Waals surface area contributed by atoms with Gasteiger partial charge >= 0.3 is 0 Å². The average molecular weight is 306 g/mol. The molecule has 0 radical (unpaired) electrons. The van der Waals surface area contributed by atoms with Gasteiger partial charge in [0.05, 0.1) is 6.10 Å². The molecule has 1 aromatic rings. The van der Waals surface area contributed by atoms with E-state index in [9.17, 15) is 4.79 Å². The minimum absolute atomic E-state index is 0.132. The smallest absolute Gasteiger partial charge is 0.208 e. The van der Waals surface area contributed by atoms with Crippen molar-refractivity contribution in [1.82, 2.24) is 5.32 Å². The lowest BCUT2D eigenvalue weighted by atomic mass is 10.0. The van der Waals surface area contributed by atoms with Crippen LogP contribution in [0.3, 0.4) is 0 Å². The van der Waals surface area contributed by atoms with Gasteiger partial charge in [0.25, 0.3) is 0 Å². The summed E-state index contributed by atoms with van der Waals surface area (Å²) in [6.45, 7) is 2.11. The van der Waals surface area contributed by atoms with Gasteiger partial charge in [0.15, 0.2) is 0 Å². The highest BCUT2D eigenvalue weighted by Crippen LogP contribution is 2.32. The molecule has 1 amide bonds. The first kappa shape index (κ1) is 16.2. The van der Waals surface area contributed by atoms with Crippen LogP contribution in [-0.4, -0.2) is 26.4 Å². The Hall–Kier alpha value is -0.810. The van der Waals surface area contributed by atoms with Gasteiger partial charge in [-0.3, -0.25) is 4.79 Å². The summed E-state index contributed by atoms with van der Waals surface area (Å²) in [5, 5.41) is 3.56. The van der Waals surface area contributed by atoms with E-state index in [0.717, 1.165) is 12.0 Å². The molecule has 0 aromatic heterocycles. The molecule has 2 unspecified atom stereocenters. The number of rotatable bonds is 8. The summed E-state index contributed by atoms with van der Waals surface area (Å²) in [4.78, 5) is 10.2. The molecule has 0 aliphatic heterocycles. The number of methoxy groups -OCH3 is 1. The third kappa shape index (κ3) is 4.66. The van der Waals surface area contributed by atoms with Gasteiger partial charge in [0, 0.05) is 22.7 Å². The summed E-state index contributed by atoms with van der Waals surface area (Å²) in [7, 11) is 1.59. The predicted octanol–water partition coefficient (Wildman–Crippen LogP) is 3.18. The van der Waals surface area contributed by atoms with Crippen LogP contribution in [0.4, 0.5) is 0 Å². The summed E-state index contributed by atoms with van der Waals surface area (Å²) >= 11 is 12.0. The number of nitrogens with one attached hydrogen (secondary N) is 1. The van der Waals surface area contributed by atoms with Crippen LogP contribution in [0.1, 0.15) is 25.0 Å². The summed E-state index contributed by atoms with van der Waals surface area (Å²) in [6, 6.07) is 5.24. The Morgan fingerprint density at radius 2 is 2.16 bits per heavy atom. The largest absolute Gasteiger partial charge is 0.374 e. The van der Waals surface area contributed by atoms with E-state index in [2.05, 4.69) is 5.32 Å². The number of halogens is 2. The van der Waals surface area contributed by atoms with Gasteiger partial charge in [-0.15, -0.1) is 0 Å². The quantitative estimate of drug-likeness (QED) is 0.456. The molecule has 2 atom stereocenters. The molecule has 0 bridgehead atoms. The Kier molecular flexibility index (Phi) is 7.16. The van der Waals surface area contributed by atoms with Crippen molar-refractivity contribution >= 4 is 29.6 Å². The van der Waals surface area contributed by atoms with E-state index in [1.54, 1.807) is 19.2 Å². The molecule has 0 saturated carbocycles. The minimum atomic E-state index is -0.316. The number of benzene rings is 1. The van der Waals surface area contributed by atoms with Crippen LogP contribution in [0.15, 0.2) is 18.2 Å². The van der Waals surface area contributed by atoms with E-state index in [0.29, 0.717) is 16.5 Å². The molecule has 1 N–H and O–H groups in total. The molecule has 0 saturated heterocycles. The first-order valence-electron chi connectivity index (χ1n) is 5.90. The van der Waals surface area contributed by atoms with Crippen LogP contribution in [0, 0.1) is 0 Å². The van der Waals surface area contributed by atoms with Gasteiger partial charge in [-0.25, -0.2) is 0 Å². The topological polar surface area (TPSA) is 47.6 Å². The van der Waals surface area contributed by atoms with Gasteiger partial charge in [0.1, 0.15) is 12.8 Å². The molecule has 0 aliphatic carbocycles. The summed E-state index contributed by atoms with van der Waals surface area (Å²) in [5.74, 6) is 0. The zero-order valence-corrected chi connectivity index (χ0v) is 12.4. The van der Waals surface area contributed by atoms with Crippen molar-refractivity contribution in [3.63, 3.8) is 0 Å². The van der Waals surface area contributed by atoms with E-state index in [4.69, 9.17) is 32.7 Å². The number of amides is 1. The van der Waals surface area contributed by atoms with Crippen molar-refractivity contribution in [2.24, 2.45) is 0 Å². The van der Waals surface area contributed by atoms with Gasteiger partial charge in [-0.2, -0.15) is 0 Å². The molecule has 4 nitrogen and oxygen atoms in total. The standard InChI is InChI=1S/C13H17Cl2NO3/c1-3-12(19-8-16-7-17)13(18-2)10-5-4-9(14)6-11(10)15/h4-7,12-13H,3,8H2,1-2H3,(H,16,17). The number of hydrogen-bond donors (Lipinski definition) is 1. The number of ether oxygens (including phenoxy) is 2. The number of hydrogen-bond acceptors (Lipinski definition) is 3. The first-order valence-corrected chi connectivity index (χ1v) is 6.66. The lowest BCUT2D eigenvalue weighted by molar-refractivity contribution is -0.114. The Morgan fingerprint density at radius 3 is 2.68 bits per heavy atom. The van der Waals surface area contributed by atoms with Gasteiger partial charge in [-0.05, 0) is 18.6 Å². The highest BCUT2D eigenvalue weighted by Gasteiger charge is 2.24. The molecule has 0 fully saturated rings. The Morgan fingerprint density at radius 1 is 1.42 bits per heavy atom. The second-order valence-corrected chi connectivity index (χ2v) is 4.75. The van der Waals surface area contributed by atoms with Crippen LogP contribution in [0.5, 0.6) is 0 Å². The van der Waals surface area contributed by atoms with Crippen LogP contribution in [0.2, 0.25) is 10.0 Å². The van der Waals surface area contributed by atoms with Crippen molar-refractivity contribution in [2.75, 3.05) is 13.8 Å². The molecule has 1 rings (SSSR count). The Bertz CT molecular complexity index is 415. The van der Waals surface area contributed by atoms with Crippen molar-refractivity contribution in [3.8, 4) is 0 Å². The van der Waals surface area contributed by atoms with Crippen LogP contribution in [0.25, 0.3) is 0 Å². The third-order valence-electron chi connectivity index (χ3n) is 2.73. The van der Waals surface area contributed by atoms with E-state index in [-0.39, 0.29) is 18.9 Å². The molecule has 0 spiro atoms. The van der Waals surface area contributed by atoms with Crippen molar-refractivity contribution in [3.05, 3.63) is 33.8 Å². The number of carbonyl (C=O) groups excluding carboxylic acids is 1. The minimum Gasteiger partial charge on any atom is -0.374 e. The van der Waals surface area contributed by atoms with Crippen LogP contribution in [-0.2, 0) is 14.3 Å². The van der Waals surface area contributed by atoms with Crippen LogP contribution < -0.4 is 5.32 Å². The second-order valence-electron chi connectivity index (χ2n) is 3.90. The second kappa shape index (κ2) is 8.38. The van der Waals surface area contributed by atoms with Crippen molar-refractivity contribution < 1.29 is 14.3 Å². The lowest BCUT2D eigenvalue weighted by Gasteiger charge is -2.26. The maximum atomic E-state index is 10.2. The summed E-state index contributed by atoms with van der Waals surface area (Å²) < 4.78 is 11.0. The van der Waals surface area contributed by atoms with E-state index in [1.165, 1.54) is 0 Å². The third-order valence-corrected chi connectivity index (χ3v) is 3.29. The normalized spacial score (nSPS) is 13.9. The van der Waals surface area contributed by atoms with E-state index >= 15 is 0 Å².